The fourth-order valence-corrected chi connectivity index (χ4v) is 1.77. The van der Waals surface area contributed by atoms with Crippen molar-refractivity contribution in [1.29, 1.82) is 0 Å². The van der Waals surface area contributed by atoms with E-state index in [0.717, 1.165) is 5.56 Å². The number of nitrogens with two attached hydrogens (primary N) is 1. The van der Waals surface area contributed by atoms with Crippen molar-refractivity contribution in [3.8, 4) is 0 Å². The fourth-order valence-electron chi connectivity index (χ4n) is 1.77. The van der Waals surface area contributed by atoms with Gasteiger partial charge in [-0.1, -0.05) is 58.0 Å². The molecule has 0 spiro atoms. The summed E-state index contributed by atoms with van der Waals surface area (Å²) in [5, 5.41) is 3.02. The molecule has 0 fully saturated rings. The van der Waals surface area contributed by atoms with Gasteiger partial charge in [-0.3, -0.25) is 4.79 Å². The number of rotatable bonds is 7. The average Bonchev–Trinajstić information content (AvgIpc) is 2.43. The monoisotopic (exact) mass is 276 g/mol. The van der Waals surface area contributed by atoms with E-state index in [1.54, 1.807) is 0 Å². The number of carbonyl (C=O) groups excluding carboxylic acids is 1. The standard InChI is InChI=1S/C17H28N2O/c1-13(2)17(3,4)12-19-16(20)11-10-15(18)14-8-6-5-7-9-14/h5-9,13,15H,10-12,18H2,1-4H3,(H,19,20). The maximum Gasteiger partial charge on any atom is 0.220 e. The topological polar surface area (TPSA) is 55.1 Å². The van der Waals surface area contributed by atoms with Crippen LogP contribution in [-0.2, 0) is 4.79 Å². The number of carbonyl (C=O) groups is 1. The molecule has 0 aromatic heterocycles. The molecule has 3 N–H and O–H groups in total. The Morgan fingerprint density at radius 3 is 2.40 bits per heavy atom. The minimum atomic E-state index is -0.0694. The molecular formula is C17H28N2O. The van der Waals surface area contributed by atoms with Crippen LogP contribution >= 0.6 is 0 Å². The number of benzene rings is 1. The van der Waals surface area contributed by atoms with Crippen molar-refractivity contribution in [2.24, 2.45) is 17.1 Å². The van der Waals surface area contributed by atoms with Crippen LogP contribution in [-0.4, -0.2) is 12.5 Å². The van der Waals surface area contributed by atoms with E-state index in [-0.39, 0.29) is 17.4 Å². The lowest BCUT2D eigenvalue weighted by atomic mass is 9.81. The van der Waals surface area contributed by atoms with Gasteiger partial charge in [0.1, 0.15) is 0 Å². The molecule has 3 nitrogen and oxygen atoms in total. The molecule has 1 rings (SSSR count). The SMILES string of the molecule is CC(C)C(C)(C)CNC(=O)CCC(N)c1ccccc1. The molecule has 112 valence electrons. The molecule has 1 amide bonds. The van der Waals surface area contributed by atoms with Crippen LogP contribution in [0.2, 0.25) is 0 Å². The quantitative estimate of drug-likeness (QED) is 0.803. The third kappa shape index (κ3) is 5.33. The Morgan fingerprint density at radius 2 is 1.85 bits per heavy atom. The summed E-state index contributed by atoms with van der Waals surface area (Å²) in [6.07, 6.45) is 1.15. The molecule has 1 aromatic carbocycles. The first-order valence-electron chi connectivity index (χ1n) is 7.40. The van der Waals surface area contributed by atoms with Crippen molar-refractivity contribution < 1.29 is 4.79 Å². The highest BCUT2D eigenvalue weighted by Crippen LogP contribution is 2.24. The molecule has 0 aliphatic rings. The molecule has 1 aromatic rings. The van der Waals surface area contributed by atoms with Gasteiger partial charge in [0.05, 0.1) is 0 Å². The summed E-state index contributed by atoms with van der Waals surface area (Å²) in [6, 6.07) is 9.85. The first-order chi connectivity index (χ1) is 9.33. The van der Waals surface area contributed by atoms with Crippen LogP contribution in [0.3, 0.4) is 0 Å². The van der Waals surface area contributed by atoms with Crippen molar-refractivity contribution in [3.63, 3.8) is 0 Å². The molecule has 0 aliphatic carbocycles. The van der Waals surface area contributed by atoms with Gasteiger partial charge in [-0.15, -0.1) is 0 Å². The smallest absolute Gasteiger partial charge is 0.220 e. The van der Waals surface area contributed by atoms with Crippen LogP contribution in [0.1, 0.15) is 52.1 Å². The maximum atomic E-state index is 11.9. The summed E-state index contributed by atoms with van der Waals surface area (Å²) in [6.45, 7) is 9.42. The third-order valence-electron chi connectivity index (χ3n) is 4.21. The van der Waals surface area contributed by atoms with Gasteiger partial charge >= 0.3 is 0 Å². The Hall–Kier alpha value is -1.35. The molecular weight excluding hydrogens is 248 g/mol. The molecule has 0 saturated carbocycles. The van der Waals surface area contributed by atoms with Crippen molar-refractivity contribution in [3.05, 3.63) is 35.9 Å². The molecule has 0 aliphatic heterocycles. The summed E-state index contributed by atoms with van der Waals surface area (Å²) in [5.41, 5.74) is 7.30. The first-order valence-corrected chi connectivity index (χ1v) is 7.40. The predicted molar refractivity (Wildman–Crippen MR) is 84.2 cm³/mol. The van der Waals surface area contributed by atoms with Gasteiger partial charge in [0.25, 0.3) is 0 Å². The lowest BCUT2D eigenvalue weighted by molar-refractivity contribution is -0.121. The van der Waals surface area contributed by atoms with Crippen LogP contribution in [0.5, 0.6) is 0 Å². The molecule has 3 heteroatoms. The maximum absolute atomic E-state index is 11.9. The van der Waals surface area contributed by atoms with E-state index in [1.165, 1.54) is 0 Å². The van der Waals surface area contributed by atoms with E-state index >= 15 is 0 Å². The van der Waals surface area contributed by atoms with Crippen molar-refractivity contribution in [1.82, 2.24) is 5.32 Å². The van der Waals surface area contributed by atoms with E-state index in [4.69, 9.17) is 5.73 Å². The van der Waals surface area contributed by atoms with Crippen molar-refractivity contribution in [2.45, 2.75) is 46.6 Å². The Bertz CT molecular complexity index is 412. The first kappa shape index (κ1) is 16.7. The van der Waals surface area contributed by atoms with Crippen molar-refractivity contribution in [2.75, 3.05) is 6.54 Å². The Kier molecular flexibility index (Phi) is 6.21. The zero-order valence-corrected chi connectivity index (χ0v) is 13.1. The second-order valence-electron chi connectivity index (χ2n) is 6.48. The molecule has 1 atom stereocenters. The van der Waals surface area contributed by atoms with E-state index in [9.17, 15) is 4.79 Å². The van der Waals surface area contributed by atoms with Gasteiger partial charge in [-0.2, -0.15) is 0 Å². The van der Waals surface area contributed by atoms with E-state index in [1.807, 2.05) is 30.3 Å². The molecule has 1 unspecified atom stereocenters. The highest BCUT2D eigenvalue weighted by atomic mass is 16.1. The van der Waals surface area contributed by atoms with Gasteiger partial charge < -0.3 is 11.1 Å². The summed E-state index contributed by atoms with van der Waals surface area (Å²) >= 11 is 0. The van der Waals surface area contributed by atoms with Crippen LogP contribution in [0.25, 0.3) is 0 Å². The summed E-state index contributed by atoms with van der Waals surface area (Å²) < 4.78 is 0. The second-order valence-corrected chi connectivity index (χ2v) is 6.48. The Morgan fingerprint density at radius 1 is 1.25 bits per heavy atom. The normalized spacial score (nSPS) is 13.3. The largest absolute Gasteiger partial charge is 0.356 e. The summed E-state index contributed by atoms with van der Waals surface area (Å²) in [5.74, 6) is 0.625. The third-order valence-corrected chi connectivity index (χ3v) is 4.21. The van der Waals surface area contributed by atoms with Gasteiger partial charge in [0.2, 0.25) is 5.91 Å². The highest BCUT2D eigenvalue weighted by molar-refractivity contribution is 5.75. The van der Waals surface area contributed by atoms with Crippen LogP contribution in [0.4, 0.5) is 0 Å². The van der Waals surface area contributed by atoms with Gasteiger partial charge in [0, 0.05) is 19.0 Å². The molecule has 20 heavy (non-hydrogen) atoms. The number of hydrogen-bond acceptors (Lipinski definition) is 2. The molecule has 0 heterocycles. The molecule has 0 radical (unpaired) electrons. The van der Waals surface area contributed by atoms with E-state index < -0.39 is 0 Å². The van der Waals surface area contributed by atoms with E-state index in [0.29, 0.717) is 25.3 Å². The second kappa shape index (κ2) is 7.44. The molecule has 0 bridgehead atoms. The van der Waals surface area contributed by atoms with Gasteiger partial charge in [-0.05, 0) is 23.3 Å². The number of nitrogens with one attached hydrogen (secondary N) is 1. The number of amides is 1. The zero-order chi connectivity index (χ0) is 15.2. The zero-order valence-electron chi connectivity index (χ0n) is 13.1. The predicted octanol–water partition coefficient (Wildman–Crippen LogP) is 3.27. The lowest BCUT2D eigenvalue weighted by Crippen LogP contribution is -2.37. The van der Waals surface area contributed by atoms with E-state index in [2.05, 4.69) is 33.0 Å². The summed E-state index contributed by atoms with van der Waals surface area (Å²) in [7, 11) is 0. The van der Waals surface area contributed by atoms with Crippen LogP contribution < -0.4 is 11.1 Å². The minimum Gasteiger partial charge on any atom is -0.356 e. The minimum absolute atomic E-state index is 0.0694. The van der Waals surface area contributed by atoms with Gasteiger partial charge in [-0.25, -0.2) is 0 Å². The fraction of sp³-hybridized carbons (Fsp3) is 0.588. The Balaban J connectivity index is 2.34. The lowest BCUT2D eigenvalue weighted by Gasteiger charge is -2.29. The highest BCUT2D eigenvalue weighted by Gasteiger charge is 2.22. The van der Waals surface area contributed by atoms with Crippen LogP contribution in [0, 0.1) is 11.3 Å². The Labute approximate surface area is 122 Å². The molecule has 0 saturated heterocycles. The van der Waals surface area contributed by atoms with Crippen LogP contribution in [0.15, 0.2) is 30.3 Å². The summed E-state index contributed by atoms with van der Waals surface area (Å²) in [4.78, 5) is 11.9. The number of hydrogen-bond donors (Lipinski definition) is 2. The van der Waals surface area contributed by atoms with Gasteiger partial charge in [0.15, 0.2) is 0 Å². The van der Waals surface area contributed by atoms with Crippen molar-refractivity contribution >= 4 is 5.91 Å². The average molecular weight is 276 g/mol.